The summed E-state index contributed by atoms with van der Waals surface area (Å²) in [5, 5.41) is 10.4. The van der Waals surface area contributed by atoms with Crippen molar-refractivity contribution in [2.45, 2.75) is 6.42 Å². The highest BCUT2D eigenvalue weighted by Gasteiger charge is 2.23. The number of halogens is 1. The van der Waals surface area contributed by atoms with E-state index >= 15 is 4.39 Å². The molecule has 0 aliphatic carbocycles. The Morgan fingerprint density at radius 2 is 1.83 bits per heavy atom. The molecule has 210 valence electrons. The number of fused-ring (bicyclic) bond motifs is 2. The van der Waals surface area contributed by atoms with Crippen molar-refractivity contribution < 1.29 is 9.18 Å². The minimum Gasteiger partial charge on any atom is -0.352 e. The third-order valence-corrected chi connectivity index (χ3v) is 7.46. The zero-order chi connectivity index (χ0) is 28.6. The van der Waals surface area contributed by atoms with Crippen LogP contribution >= 0.6 is 0 Å². The van der Waals surface area contributed by atoms with Crippen LogP contribution in [0.4, 0.5) is 15.9 Å². The summed E-state index contributed by atoms with van der Waals surface area (Å²) in [5.41, 5.74) is 4.13. The highest BCUT2D eigenvalue weighted by molar-refractivity contribution is 5.97. The molecule has 0 saturated carbocycles. The third kappa shape index (κ3) is 4.81. The molecule has 12 heteroatoms. The van der Waals surface area contributed by atoms with Crippen molar-refractivity contribution >= 4 is 39.3 Å². The maximum Gasteiger partial charge on any atom is 0.228 e. The van der Waals surface area contributed by atoms with Crippen molar-refractivity contribution in [2.24, 2.45) is 0 Å². The van der Waals surface area contributed by atoms with Gasteiger partial charge in [0.25, 0.3) is 0 Å². The first kappa shape index (κ1) is 25.7. The molecule has 1 saturated heterocycles. The minimum atomic E-state index is -0.566. The molecule has 6 heterocycles. The smallest absolute Gasteiger partial charge is 0.228 e. The van der Waals surface area contributed by atoms with Crippen LogP contribution in [0.5, 0.6) is 0 Å². The lowest BCUT2D eigenvalue weighted by Crippen LogP contribution is -2.44. The van der Waals surface area contributed by atoms with Gasteiger partial charge in [-0.3, -0.25) is 19.9 Å². The molecule has 1 fully saturated rings. The van der Waals surface area contributed by atoms with Gasteiger partial charge in [-0.1, -0.05) is 30.3 Å². The Kier molecular flexibility index (Phi) is 6.51. The van der Waals surface area contributed by atoms with E-state index in [-0.39, 0.29) is 23.4 Å². The molecular formula is C30H27FN10O. The Morgan fingerprint density at radius 1 is 1.00 bits per heavy atom. The van der Waals surface area contributed by atoms with Gasteiger partial charge in [-0.2, -0.15) is 5.10 Å². The summed E-state index contributed by atoms with van der Waals surface area (Å²) in [7, 11) is 2.10. The topological polar surface area (TPSA) is 132 Å². The minimum absolute atomic E-state index is 0.0905. The van der Waals surface area contributed by atoms with Gasteiger partial charge >= 0.3 is 0 Å². The van der Waals surface area contributed by atoms with E-state index in [0.717, 1.165) is 43.1 Å². The van der Waals surface area contributed by atoms with E-state index in [0.29, 0.717) is 33.8 Å². The van der Waals surface area contributed by atoms with E-state index in [4.69, 9.17) is 4.98 Å². The zero-order valence-corrected chi connectivity index (χ0v) is 22.8. The van der Waals surface area contributed by atoms with Crippen LogP contribution in [0.25, 0.3) is 44.7 Å². The molecule has 1 amide bonds. The lowest BCUT2D eigenvalue weighted by atomic mass is 10.1. The van der Waals surface area contributed by atoms with E-state index in [9.17, 15) is 4.79 Å². The summed E-state index contributed by atoms with van der Waals surface area (Å²) in [5.74, 6) is 0.457. The number of aromatic nitrogens is 7. The number of imidazole rings is 1. The number of pyridine rings is 3. The number of piperazine rings is 1. The standard InChI is InChI=1S/C30H27FN10O/c1-40-9-11-41(12-10-40)30-27-21(7-8-33-30)36-29(37-27)28-24-22(38-39-28)17-34-26(25(24)31)19-14-20(16-32-15-19)35-23(42)13-18-5-3-2-4-6-18/h2-8,14-17H,9-13H2,1H3,(H,35,42)(H,36,37)(H,38,39). The van der Waals surface area contributed by atoms with Crippen molar-refractivity contribution in [1.82, 2.24) is 40.0 Å². The number of nitrogens with one attached hydrogen (secondary N) is 3. The second-order valence-electron chi connectivity index (χ2n) is 10.4. The van der Waals surface area contributed by atoms with Gasteiger partial charge in [-0.25, -0.2) is 14.4 Å². The van der Waals surface area contributed by atoms with Crippen LogP contribution in [-0.4, -0.2) is 79.2 Å². The Labute approximate surface area is 239 Å². The quantitative estimate of drug-likeness (QED) is 0.277. The molecule has 7 rings (SSSR count). The van der Waals surface area contributed by atoms with Crippen LogP contribution in [0, 0.1) is 5.82 Å². The number of rotatable bonds is 6. The molecule has 0 bridgehead atoms. The van der Waals surface area contributed by atoms with Crippen LogP contribution < -0.4 is 10.2 Å². The molecule has 3 N–H and O–H groups in total. The Hall–Kier alpha value is -5.23. The molecule has 6 aromatic rings. The van der Waals surface area contributed by atoms with Crippen molar-refractivity contribution in [3.05, 3.63) is 78.6 Å². The highest BCUT2D eigenvalue weighted by Crippen LogP contribution is 2.34. The number of H-pyrrole nitrogens is 2. The molecule has 1 aliphatic heterocycles. The average Bonchev–Trinajstić information content (AvgIpc) is 3.63. The normalized spacial score (nSPS) is 14.1. The Bertz CT molecular complexity index is 1910. The van der Waals surface area contributed by atoms with Crippen molar-refractivity contribution in [1.29, 1.82) is 0 Å². The number of carbonyl (C=O) groups excluding carboxylic acids is 1. The number of amides is 1. The monoisotopic (exact) mass is 562 g/mol. The molecule has 0 atom stereocenters. The van der Waals surface area contributed by atoms with Crippen LogP contribution in [0.15, 0.2) is 67.3 Å². The second kappa shape index (κ2) is 10.6. The van der Waals surface area contributed by atoms with Crippen molar-refractivity contribution in [2.75, 3.05) is 43.4 Å². The SMILES string of the molecule is CN1CCN(c2nccc3[nH]c(-c4n[nH]c5cnc(-c6cncc(NC(=O)Cc7ccccc7)c6)c(F)c45)nc23)CC1. The Morgan fingerprint density at radius 3 is 2.67 bits per heavy atom. The number of nitrogens with zero attached hydrogens (tertiary/aromatic N) is 7. The van der Waals surface area contributed by atoms with Crippen molar-refractivity contribution in [3.8, 4) is 22.8 Å². The summed E-state index contributed by atoms with van der Waals surface area (Å²) in [6, 6.07) is 12.9. The van der Waals surface area contributed by atoms with E-state index in [1.165, 1.54) is 18.6 Å². The van der Waals surface area contributed by atoms with E-state index in [1.807, 2.05) is 36.4 Å². The fourth-order valence-corrected chi connectivity index (χ4v) is 5.26. The number of anilines is 2. The fraction of sp³-hybridized carbons (Fsp3) is 0.200. The number of carbonyl (C=O) groups is 1. The van der Waals surface area contributed by atoms with E-state index < -0.39 is 5.82 Å². The number of hydrogen-bond donors (Lipinski definition) is 3. The van der Waals surface area contributed by atoms with Gasteiger partial charge in [0.2, 0.25) is 5.91 Å². The number of likely N-dealkylation sites (N-methyl/N-ethyl adjacent to an activating group) is 1. The van der Waals surface area contributed by atoms with Gasteiger partial charge in [0.1, 0.15) is 16.9 Å². The largest absolute Gasteiger partial charge is 0.352 e. The first-order valence-electron chi connectivity index (χ1n) is 13.6. The van der Waals surface area contributed by atoms with Gasteiger partial charge in [0.05, 0.1) is 40.9 Å². The summed E-state index contributed by atoms with van der Waals surface area (Å²) in [6.45, 7) is 3.57. The molecule has 42 heavy (non-hydrogen) atoms. The van der Waals surface area contributed by atoms with Gasteiger partial charge in [-0.05, 0) is 24.7 Å². The Balaban J connectivity index is 1.21. The number of hydrogen-bond acceptors (Lipinski definition) is 8. The summed E-state index contributed by atoms with van der Waals surface area (Å²) in [4.78, 5) is 38.4. The number of aromatic amines is 2. The maximum atomic E-state index is 16.2. The second-order valence-corrected chi connectivity index (χ2v) is 10.4. The molecule has 5 aromatic heterocycles. The molecule has 1 aromatic carbocycles. The lowest BCUT2D eigenvalue weighted by molar-refractivity contribution is -0.115. The molecular weight excluding hydrogens is 535 g/mol. The van der Waals surface area contributed by atoms with Crippen LogP contribution in [0.2, 0.25) is 0 Å². The van der Waals surface area contributed by atoms with Crippen LogP contribution in [0.3, 0.4) is 0 Å². The number of benzene rings is 1. The summed E-state index contributed by atoms with van der Waals surface area (Å²) in [6.07, 6.45) is 6.53. The van der Waals surface area contributed by atoms with E-state index in [2.05, 4.69) is 52.3 Å². The summed E-state index contributed by atoms with van der Waals surface area (Å²) < 4.78 is 16.2. The molecule has 0 radical (unpaired) electrons. The van der Waals surface area contributed by atoms with Gasteiger partial charge < -0.3 is 20.1 Å². The van der Waals surface area contributed by atoms with Crippen LogP contribution in [0.1, 0.15) is 5.56 Å². The highest BCUT2D eigenvalue weighted by atomic mass is 19.1. The lowest BCUT2D eigenvalue weighted by Gasteiger charge is -2.33. The molecule has 0 unspecified atom stereocenters. The zero-order valence-electron chi connectivity index (χ0n) is 22.8. The molecule has 11 nitrogen and oxygen atoms in total. The predicted octanol–water partition coefficient (Wildman–Crippen LogP) is 4.03. The predicted molar refractivity (Wildman–Crippen MR) is 158 cm³/mol. The fourth-order valence-electron chi connectivity index (χ4n) is 5.26. The maximum absolute atomic E-state index is 16.2. The molecule has 0 spiro atoms. The molecule has 1 aliphatic rings. The van der Waals surface area contributed by atoms with Gasteiger partial charge in [0, 0.05) is 44.1 Å². The first-order valence-corrected chi connectivity index (χ1v) is 13.6. The first-order chi connectivity index (χ1) is 20.5. The van der Waals surface area contributed by atoms with E-state index in [1.54, 1.807) is 12.3 Å². The van der Waals surface area contributed by atoms with Crippen LogP contribution in [-0.2, 0) is 11.2 Å². The van der Waals surface area contributed by atoms with Crippen molar-refractivity contribution in [3.63, 3.8) is 0 Å². The average molecular weight is 563 g/mol. The summed E-state index contributed by atoms with van der Waals surface area (Å²) >= 11 is 0. The van der Waals surface area contributed by atoms with Gasteiger partial charge in [-0.15, -0.1) is 0 Å². The van der Waals surface area contributed by atoms with Gasteiger partial charge in [0.15, 0.2) is 17.5 Å². The third-order valence-electron chi connectivity index (χ3n) is 7.46.